The number of sulfone groups is 1. The van der Waals surface area contributed by atoms with Gasteiger partial charge in [-0.05, 0) is 103 Å². The summed E-state index contributed by atoms with van der Waals surface area (Å²) >= 11 is 6.18. The van der Waals surface area contributed by atoms with Crippen molar-refractivity contribution in [1.82, 2.24) is 14.9 Å². The van der Waals surface area contributed by atoms with Crippen LogP contribution in [0.4, 0.5) is 30.2 Å². The third-order valence-corrected chi connectivity index (χ3v) is 14.5. The molecule has 13 nitrogen and oxygen atoms in total. The number of pyridine rings is 1. The molecule has 3 aromatic carbocycles. The Morgan fingerprint density at radius 2 is 1.82 bits per heavy atom. The van der Waals surface area contributed by atoms with Crippen molar-refractivity contribution >= 4 is 60.9 Å². The lowest BCUT2D eigenvalue weighted by molar-refractivity contribution is -0.384. The zero-order valence-corrected chi connectivity index (χ0v) is 37.6. The number of anilines is 2. The average Bonchev–Trinajstić information content (AvgIpc) is 3.74. The first-order chi connectivity index (χ1) is 30.9. The molecule has 1 aliphatic carbocycles. The number of ether oxygens (including phenoxy) is 2. The summed E-state index contributed by atoms with van der Waals surface area (Å²) in [6.07, 6.45) is 2.78. The molecule has 0 amide bonds. The van der Waals surface area contributed by atoms with Crippen molar-refractivity contribution in [3.05, 3.63) is 117 Å². The lowest BCUT2D eigenvalue weighted by Crippen LogP contribution is -2.47. The maximum absolute atomic E-state index is 14.0. The maximum Gasteiger partial charge on any atom is 0.417 e. The number of aromatic nitrogens is 2. The summed E-state index contributed by atoms with van der Waals surface area (Å²) < 4.78 is 79.9. The van der Waals surface area contributed by atoms with Gasteiger partial charge in [0.1, 0.15) is 28.6 Å². The number of benzene rings is 3. The highest BCUT2D eigenvalue weighted by Gasteiger charge is 2.35. The Labute approximate surface area is 380 Å². The van der Waals surface area contributed by atoms with Gasteiger partial charge in [-0.25, -0.2) is 13.4 Å². The quantitative estimate of drug-likeness (QED) is 0.0620. The van der Waals surface area contributed by atoms with E-state index in [1.807, 2.05) is 6.07 Å². The van der Waals surface area contributed by atoms with Crippen LogP contribution in [0.1, 0.15) is 67.4 Å². The molecule has 0 atom stereocenters. The van der Waals surface area contributed by atoms with E-state index >= 15 is 0 Å². The highest BCUT2D eigenvalue weighted by Crippen LogP contribution is 2.45. The molecule has 5 aromatic rings. The van der Waals surface area contributed by atoms with Gasteiger partial charge in [-0.3, -0.25) is 19.8 Å². The predicted octanol–water partition coefficient (Wildman–Crippen LogP) is 10.2. The van der Waals surface area contributed by atoms with Crippen molar-refractivity contribution in [3.63, 3.8) is 0 Å². The molecule has 65 heavy (non-hydrogen) atoms. The molecular weight excluding hydrogens is 885 g/mol. The number of nitro benzene ring substituents is 1. The second-order valence-electron chi connectivity index (χ2n) is 17.8. The first-order valence-corrected chi connectivity index (χ1v) is 23.6. The highest BCUT2D eigenvalue weighted by molar-refractivity contribution is 7.92. The topological polar surface area (TPSA) is 160 Å². The van der Waals surface area contributed by atoms with Gasteiger partial charge < -0.3 is 24.7 Å². The number of carbonyl (C=O) groups excluding carboxylic acids is 1. The number of nitro groups is 1. The van der Waals surface area contributed by atoms with Crippen LogP contribution in [0, 0.1) is 21.4 Å². The molecule has 2 fully saturated rings. The SMILES string of the molecule is CC1(C)CCC(CN2CCN(c3ccc(C(=O)CS(=O)(=O)c4ccc(NCC5CCOCC5)c([N+](=O)[O-])c4)c(Oc4cnc5[nH]ccc5c4)c3)CC2)=C(c2ccc(C(F)(F)F)c(Cl)c2)C1. The highest BCUT2D eigenvalue weighted by atomic mass is 35.5. The van der Waals surface area contributed by atoms with E-state index in [4.69, 9.17) is 21.1 Å². The number of halogens is 4. The standard InChI is InChI=1S/C47H50ClF3N6O7S/c1-46(2)13-9-33(38(25-46)31-3-7-39(40(48)22-31)47(49,50)51)28-55-15-17-56(18-16-55)34-4-6-37(44(23-34)64-35-21-32-10-14-52-45(32)54-27-35)43(58)29-65(61,62)36-5-8-41(42(24-36)57(59)60)53-26-30-11-19-63-20-12-30/h3-8,10,14,21-24,27,30,53H,9,11-13,15-20,25-26,28-29H2,1-2H3,(H,52,54). The zero-order valence-electron chi connectivity index (χ0n) is 36.0. The van der Waals surface area contributed by atoms with E-state index in [0.29, 0.717) is 75.9 Å². The zero-order chi connectivity index (χ0) is 46.1. The largest absolute Gasteiger partial charge is 0.455 e. The van der Waals surface area contributed by atoms with E-state index < -0.39 is 43.7 Å². The molecule has 2 N–H and O–H groups in total. The van der Waals surface area contributed by atoms with Gasteiger partial charge in [0.15, 0.2) is 15.6 Å². The van der Waals surface area contributed by atoms with Gasteiger partial charge >= 0.3 is 6.18 Å². The monoisotopic (exact) mass is 934 g/mol. The van der Waals surface area contributed by atoms with E-state index in [2.05, 4.69) is 38.9 Å². The molecule has 2 aliphatic heterocycles. The number of rotatable bonds is 14. The lowest BCUT2D eigenvalue weighted by atomic mass is 9.72. The van der Waals surface area contributed by atoms with E-state index in [1.165, 1.54) is 36.0 Å². The molecule has 2 saturated heterocycles. The number of carbonyl (C=O) groups is 1. The Hall–Kier alpha value is -5.49. The van der Waals surface area contributed by atoms with Crippen LogP contribution in [0.25, 0.3) is 16.6 Å². The van der Waals surface area contributed by atoms with E-state index in [9.17, 15) is 36.5 Å². The fourth-order valence-corrected chi connectivity index (χ4v) is 10.4. The van der Waals surface area contributed by atoms with Gasteiger partial charge in [0.05, 0.1) is 32.2 Å². The number of ketones is 1. The Kier molecular flexibility index (Phi) is 13.3. The van der Waals surface area contributed by atoms with E-state index in [0.717, 1.165) is 54.5 Å². The third kappa shape index (κ3) is 10.8. The first kappa shape index (κ1) is 46.1. The maximum atomic E-state index is 14.0. The summed E-state index contributed by atoms with van der Waals surface area (Å²) in [5.41, 5.74) is 3.21. The molecule has 2 aromatic heterocycles. The van der Waals surface area contributed by atoms with Crippen molar-refractivity contribution in [1.29, 1.82) is 0 Å². The fraction of sp³-hybridized carbons (Fsp3) is 0.404. The molecule has 0 radical (unpaired) electrons. The summed E-state index contributed by atoms with van der Waals surface area (Å²) in [6.45, 7) is 9.25. The van der Waals surface area contributed by atoms with Gasteiger partial charge in [0.25, 0.3) is 5.69 Å². The molecule has 18 heteroatoms. The van der Waals surface area contributed by atoms with E-state index in [1.54, 1.807) is 30.5 Å². The van der Waals surface area contributed by atoms with Crippen LogP contribution in [0.3, 0.4) is 0 Å². The van der Waals surface area contributed by atoms with Gasteiger partial charge in [0, 0.05) is 81.9 Å². The molecule has 0 spiro atoms. The normalized spacial score (nSPS) is 17.7. The molecule has 4 heterocycles. The Balaban J connectivity index is 1.00. The third-order valence-electron chi connectivity index (χ3n) is 12.6. The molecule has 344 valence electrons. The number of fused-ring (bicyclic) bond motifs is 1. The van der Waals surface area contributed by atoms with Crippen molar-refractivity contribution in [2.45, 2.75) is 57.0 Å². The Morgan fingerprint density at radius 1 is 1.05 bits per heavy atom. The van der Waals surface area contributed by atoms with Crippen LogP contribution in [-0.4, -0.2) is 92.2 Å². The molecular formula is C47H50ClF3N6O7S. The number of Topliss-reactive ketones (excluding diaryl/α,β-unsaturated/α-hetero) is 1. The summed E-state index contributed by atoms with van der Waals surface area (Å²) in [5, 5.41) is 15.6. The molecule has 0 bridgehead atoms. The summed E-state index contributed by atoms with van der Waals surface area (Å²) in [7, 11) is -4.36. The number of hydrogen-bond acceptors (Lipinski definition) is 11. The number of allylic oxidation sites excluding steroid dienone is 1. The Bertz CT molecular complexity index is 2750. The van der Waals surface area contributed by atoms with Crippen molar-refractivity contribution < 1.29 is 40.8 Å². The van der Waals surface area contributed by atoms with Crippen molar-refractivity contribution in [3.8, 4) is 11.5 Å². The van der Waals surface area contributed by atoms with Gasteiger partial charge in [0.2, 0.25) is 0 Å². The average molecular weight is 935 g/mol. The van der Waals surface area contributed by atoms with E-state index in [-0.39, 0.29) is 38.3 Å². The second-order valence-corrected chi connectivity index (χ2v) is 20.2. The van der Waals surface area contributed by atoms with Crippen LogP contribution in [0.2, 0.25) is 5.02 Å². The van der Waals surface area contributed by atoms with Crippen LogP contribution in [0.5, 0.6) is 11.5 Å². The van der Waals surface area contributed by atoms with Gasteiger partial charge in [-0.2, -0.15) is 13.2 Å². The van der Waals surface area contributed by atoms with Crippen LogP contribution in [0.15, 0.2) is 89.6 Å². The smallest absolute Gasteiger partial charge is 0.417 e. The fourth-order valence-electron chi connectivity index (χ4n) is 8.85. The summed E-state index contributed by atoms with van der Waals surface area (Å²) in [5.74, 6) is -1.02. The minimum atomic E-state index is -4.54. The predicted molar refractivity (Wildman–Crippen MR) is 244 cm³/mol. The summed E-state index contributed by atoms with van der Waals surface area (Å²) in [4.78, 5) is 37.0. The molecule has 0 unspecified atom stereocenters. The Morgan fingerprint density at radius 3 is 2.54 bits per heavy atom. The second kappa shape index (κ2) is 18.8. The van der Waals surface area contributed by atoms with Gasteiger partial charge in [-0.1, -0.05) is 37.1 Å². The number of hydrogen-bond donors (Lipinski definition) is 2. The number of piperazine rings is 1. The number of aromatic amines is 1. The van der Waals surface area contributed by atoms with Crippen LogP contribution >= 0.6 is 11.6 Å². The number of alkyl halides is 3. The summed E-state index contributed by atoms with van der Waals surface area (Å²) in [6, 6.07) is 16.2. The molecule has 0 saturated carbocycles. The van der Waals surface area contributed by atoms with Crippen molar-refractivity contribution in [2.75, 3.05) is 68.5 Å². The minimum Gasteiger partial charge on any atom is -0.455 e. The van der Waals surface area contributed by atoms with Crippen LogP contribution in [-0.2, 0) is 20.8 Å². The lowest BCUT2D eigenvalue weighted by Gasteiger charge is -2.39. The number of nitrogens with zero attached hydrogens (tertiary/aromatic N) is 4. The molecule has 8 rings (SSSR count). The minimum absolute atomic E-state index is 0.0115. The molecule has 3 aliphatic rings. The first-order valence-electron chi connectivity index (χ1n) is 21.6. The number of nitrogens with one attached hydrogen (secondary N) is 2. The van der Waals surface area contributed by atoms with Crippen molar-refractivity contribution in [2.24, 2.45) is 11.3 Å². The van der Waals surface area contributed by atoms with Gasteiger partial charge in [-0.15, -0.1) is 0 Å². The number of H-pyrrole nitrogens is 1. The van der Waals surface area contributed by atoms with Crippen LogP contribution < -0.4 is 15.0 Å².